The molecule has 4 rings (SSSR count). The molecule has 128 valence electrons. The highest BCUT2D eigenvalue weighted by Gasteiger charge is 2.27. The van der Waals surface area contributed by atoms with Crippen molar-refractivity contribution >= 4 is 0 Å². The van der Waals surface area contributed by atoms with Crippen molar-refractivity contribution in [1.29, 1.82) is 0 Å². The van der Waals surface area contributed by atoms with Crippen LogP contribution >= 0.6 is 0 Å². The average Bonchev–Trinajstić information content (AvgIpc) is 3.12. The van der Waals surface area contributed by atoms with E-state index >= 15 is 0 Å². The van der Waals surface area contributed by atoms with Gasteiger partial charge in [-0.3, -0.25) is 4.90 Å². The summed E-state index contributed by atoms with van der Waals surface area (Å²) in [6, 6.07) is 21.4. The maximum absolute atomic E-state index is 5.56. The van der Waals surface area contributed by atoms with Crippen molar-refractivity contribution < 1.29 is 4.74 Å². The topological polar surface area (TPSA) is 30.3 Å². The summed E-state index contributed by atoms with van der Waals surface area (Å²) in [7, 11) is 0. The molecule has 1 unspecified atom stereocenters. The van der Waals surface area contributed by atoms with Gasteiger partial charge in [-0.05, 0) is 11.1 Å². The lowest BCUT2D eigenvalue weighted by Crippen LogP contribution is -2.40. The van der Waals surface area contributed by atoms with E-state index in [1.165, 1.54) is 11.1 Å². The Hall–Kier alpha value is -2.43. The molecule has 1 atom stereocenters. The first-order valence-corrected chi connectivity index (χ1v) is 8.83. The van der Waals surface area contributed by atoms with Gasteiger partial charge in [0.2, 0.25) is 0 Å². The molecule has 0 N–H and O–H groups in total. The summed E-state index contributed by atoms with van der Waals surface area (Å²) < 4.78 is 7.83. The first-order valence-electron chi connectivity index (χ1n) is 8.83. The zero-order valence-electron chi connectivity index (χ0n) is 14.3. The molecule has 0 amide bonds. The quantitative estimate of drug-likeness (QED) is 0.717. The van der Waals surface area contributed by atoms with Gasteiger partial charge in [0.1, 0.15) is 5.82 Å². The molecule has 0 saturated carbocycles. The lowest BCUT2D eigenvalue weighted by Gasteiger charge is -2.34. The first kappa shape index (κ1) is 16.1. The summed E-state index contributed by atoms with van der Waals surface area (Å²) in [4.78, 5) is 7.22. The van der Waals surface area contributed by atoms with E-state index in [2.05, 4.69) is 76.3 Å². The summed E-state index contributed by atoms with van der Waals surface area (Å²) >= 11 is 0. The number of imidazole rings is 1. The molecule has 1 aromatic heterocycles. The molecule has 1 aliphatic heterocycles. The minimum absolute atomic E-state index is 0.156. The van der Waals surface area contributed by atoms with Gasteiger partial charge in [-0.1, -0.05) is 60.7 Å². The molecule has 1 fully saturated rings. The van der Waals surface area contributed by atoms with Crippen LogP contribution in [0.15, 0.2) is 73.1 Å². The highest BCUT2D eigenvalue weighted by atomic mass is 16.5. The third-order valence-electron chi connectivity index (χ3n) is 4.71. The van der Waals surface area contributed by atoms with Gasteiger partial charge >= 0.3 is 0 Å². The third-order valence-corrected chi connectivity index (χ3v) is 4.71. The fourth-order valence-corrected chi connectivity index (χ4v) is 3.48. The Labute approximate surface area is 148 Å². The zero-order valence-corrected chi connectivity index (χ0v) is 14.3. The fourth-order valence-electron chi connectivity index (χ4n) is 3.48. The van der Waals surface area contributed by atoms with Crippen molar-refractivity contribution in [2.75, 3.05) is 26.3 Å². The van der Waals surface area contributed by atoms with Crippen LogP contribution in [0.3, 0.4) is 0 Å². The second-order valence-corrected chi connectivity index (χ2v) is 6.36. The van der Waals surface area contributed by atoms with Crippen molar-refractivity contribution in [3.05, 3.63) is 90.0 Å². The number of aromatic nitrogens is 2. The van der Waals surface area contributed by atoms with E-state index in [1.54, 1.807) is 0 Å². The van der Waals surface area contributed by atoms with Crippen molar-refractivity contribution in [3.63, 3.8) is 0 Å². The van der Waals surface area contributed by atoms with Gasteiger partial charge in [0.25, 0.3) is 0 Å². The second-order valence-electron chi connectivity index (χ2n) is 6.36. The molecule has 3 aromatic rings. The van der Waals surface area contributed by atoms with E-state index in [4.69, 9.17) is 9.72 Å². The van der Waals surface area contributed by atoms with Crippen LogP contribution in [0.2, 0.25) is 0 Å². The van der Waals surface area contributed by atoms with E-state index in [9.17, 15) is 0 Å². The zero-order chi connectivity index (χ0) is 16.9. The Morgan fingerprint density at radius 2 is 1.60 bits per heavy atom. The van der Waals surface area contributed by atoms with Crippen LogP contribution in [-0.2, 0) is 11.3 Å². The molecule has 4 heteroatoms. The number of benzene rings is 2. The predicted molar refractivity (Wildman–Crippen MR) is 98.4 cm³/mol. The van der Waals surface area contributed by atoms with Gasteiger partial charge < -0.3 is 9.30 Å². The summed E-state index contributed by atoms with van der Waals surface area (Å²) in [5.74, 6) is 1.09. The Bertz CT molecular complexity index is 779. The van der Waals surface area contributed by atoms with Crippen LogP contribution in [0.4, 0.5) is 0 Å². The molecule has 0 radical (unpaired) electrons. The van der Waals surface area contributed by atoms with Crippen molar-refractivity contribution in [2.45, 2.75) is 12.6 Å². The Balaban J connectivity index is 1.69. The van der Waals surface area contributed by atoms with Gasteiger partial charge in [-0.2, -0.15) is 0 Å². The highest BCUT2D eigenvalue weighted by Crippen LogP contribution is 2.28. The van der Waals surface area contributed by atoms with Gasteiger partial charge in [0, 0.05) is 32.0 Å². The Morgan fingerprint density at radius 3 is 2.32 bits per heavy atom. The summed E-state index contributed by atoms with van der Waals surface area (Å²) in [6.45, 7) is 4.25. The van der Waals surface area contributed by atoms with E-state index in [-0.39, 0.29) is 6.04 Å². The van der Waals surface area contributed by atoms with Crippen LogP contribution < -0.4 is 0 Å². The molecule has 0 aliphatic carbocycles. The van der Waals surface area contributed by atoms with Gasteiger partial charge in [-0.25, -0.2) is 4.98 Å². The lowest BCUT2D eigenvalue weighted by atomic mass is 10.0. The van der Waals surface area contributed by atoms with Gasteiger partial charge in [0.05, 0.1) is 19.3 Å². The normalized spacial score (nSPS) is 16.6. The monoisotopic (exact) mass is 333 g/mol. The molecular formula is C21H23N3O. The summed E-state index contributed by atoms with van der Waals surface area (Å²) in [5, 5.41) is 0. The third kappa shape index (κ3) is 3.65. The Kier molecular flexibility index (Phi) is 4.91. The number of nitrogens with zero attached hydrogens (tertiary/aromatic N) is 3. The van der Waals surface area contributed by atoms with Crippen LogP contribution in [-0.4, -0.2) is 40.8 Å². The molecule has 1 saturated heterocycles. The minimum atomic E-state index is 0.156. The number of hydrogen-bond acceptors (Lipinski definition) is 3. The molecule has 2 aromatic carbocycles. The van der Waals surface area contributed by atoms with Crippen LogP contribution in [0.1, 0.15) is 23.0 Å². The SMILES string of the molecule is c1ccc(Cn2ccnc2C(c2ccccc2)N2CCOCC2)cc1. The fraction of sp³-hybridized carbons (Fsp3) is 0.286. The Morgan fingerprint density at radius 1 is 0.920 bits per heavy atom. The van der Waals surface area contributed by atoms with Gasteiger partial charge in [-0.15, -0.1) is 0 Å². The maximum Gasteiger partial charge on any atom is 0.130 e. The molecule has 4 nitrogen and oxygen atoms in total. The molecule has 1 aliphatic rings. The number of ether oxygens (including phenoxy) is 1. The molecule has 0 spiro atoms. The van der Waals surface area contributed by atoms with E-state index < -0.39 is 0 Å². The number of rotatable bonds is 5. The summed E-state index contributed by atoms with van der Waals surface area (Å²) in [5.41, 5.74) is 2.57. The molecular weight excluding hydrogens is 310 g/mol. The molecule has 25 heavy (non-hydrogen) atoms. The second kappa shape index (κ2) is 7.64. The van der Waals surface area contributed by atoms with Crippen molar-refractivity contribution in [3.8, 4) is 0 Å². The molecule has 0 bridgehead atoms. The first-order chi connectivity index (χ1) is 12.4. The largest absolute Gasteiger partial charge is 0.379 e. The van der Waals surface area contributed by atoms with E-state index in [0.29, 0.717) is 0 Å². The average molecular weight is 333 g/mol. The number of hydrogen-bond donors (Lipinski definition) is 0. The van der Waals surface area contributed by atoms with Crippen LogP contribution in [0, 0.1) is 0 Å². The van der Waals surface area contributed by atoms with Crippen LogP contribution in [0.25, 0.3) is 0 Å². The van der Waals surface area contributed by atoms with Crippen molar-refractivity contribution in [2.24, 2.45) is 0 Å². The van der Waals surface area contributed by atoms with Crippen LogP contribution in [0.5, 0.6) is 0 Å². The lowest BCUT2D eigenvalue weighted by molar-refractivity contribution is 0.0219. The summed E-state index contributed by atoms with van der Waals surface area (Å²) in [6.07, 6.45) is 3.99. The van der Waals surface area contributed by atoms with Crippen molar-refractivity contribution in [1.82, 2.24) is 14.5 Å². The molecule has 2 heterocycles. The predicted octanol–water partition coefficient (Wildman–Crippen LogP) is 3.35. The smallest absolute Gasteiger partial charge is 0.130 e. The standard InChI is InChI=1S/C21H23N3O/c1-3-7-18(8-4-1)17-24-12-11-22-21(24)20(19-9-5-2-6-10-19)23-13-15-25-16-14-23/h1-12,20H,13-17H2. The van der Waals surface area contributed by atoms with E-state index in [0.717, 1.165) is 38.7 Å². The maximum atomic E-state index is 5.56. The van der Waals surface area contributed by atoms with E-state index in [1.807, 2.05) is 6.20 Å². The minimum Gasteiger partial charge on any atom is -0.379 e. The van der Waals surface area contributed by atoms with Gasteiger partial charge in [0.15, 0.2) is 0 Å². The highest BCUT2D eigenvalue weighted by molar-refractivity contribution is 5.26. The number of morpholine rings is 1.